The number of halogens is 1. The zero-order valence-corrected chi connectivity index (χ0v) is 13.0. The lowest BCUT2D eigenvalue weighted by atomic mass is 10.0. The second-order valence-corrected chi connectivity index (χ2v) is 5.68. The van der Waals surface area contributed by atoms with Crippen LogP contribution in [0.1, 0.15) is 20.3 Å². The van der Waals surface area contributed by atoms with Gasteiger partial charge in [-0.1, -0.05) is 35.8 Å². The Hall–Kier alpha value is -1.56. The minimum atomic E-state index is -0.933. The maximum Gasteiger partial charge on any atom is 0.305 e. The average Bonchev–Trinajstić information content (AvgIpc) is 2.35. The van der Waals surface area contributed by atoms with Crippen LogP contribution in [0.25, 0.3) is 0 Å². The predicted molar refractivity (Wildman–Crippen MR) is 78.7 cm³/mol. The van der Waals surface area contributed by atoms with E-state index in [0.29, 0.717) is 5.75 Å². The molecule has 1 amide bonds. The van der Waals surface area contributed by atoms with Gasteiger partial charge in [-0.2, -0.15) is 0 Å². The fraction of sp³-hybridized carbons (Fsp3) is 0.429. The van der Waals surface area contributed by atoms with Crippen molar-refractivity contribution in [1.29, 1.82) is 0 Å². The van der Waals surface area contributed by atoms with E-state index in [9.17, 15) is 9.59 Å². The normalized spacial score (nSPS) is 12.0. The number of hydrogen-bond acceptors (Lipinski definition) is 3. The van der Waals surface area contributed by atoms with Crippen molar-refractivity contribution >= 4 is 27.8 Å². The third-order valence-electron chi connectivity index (χ3n) is 2.71. The predicted octanol–water partition coefficient (Wildman–Crippen LogP) is 2.44. The lowest BCUT2D eigenvalue weighted by Gasteiger charge is -2.20. The summed E-state index contributed by atoms with van der Waals surface area (Å²) in [6.07, 6.45) is -0.0969. The van der Waals surface area contributed by atoms with Crippen molar-refractivity contribution in [3.05, 3.63) is 28.7 Å². The Morgan fingerprint density at radius 3 is 2.65 bits per heavy atom. The van der Waals surface area contributed by atoms with Crippen LogP contribution in [-0.2, 0) is 9.59 Å². The molecule has 5 nitrogen and oxygen atoms in total. The number of nitrogens with one attached hydrogen (secondary N) is 1. The van der Waals surface area contributed by atoms with Gasteiger partial charge < -0.3 is 15.2 Å². The van der Waals surface area contributed by atoms with E-state index in [4.69, 9.17) is 9.84 Å². The molecular weight excluding hydrogens is 326 g/mol. The molecule has 1 unspecified atom stereocenters. The molecule has 1 rings (SSSR count). The number of benzene rings is 1. The molecule has 0 saturated carbocycles. The number of rotatable bonds is 7. The molecule has 0 aliphatic heterocycles. The van der Waals surface area contributed by atoms with Gasteiger partial charge in [0, 0.05) is 10.5 Å². The highest BCUT2D eigenvalue weighted by molar-refractivity contribution is 9.10. The van der Waals surface area contributed by atoms with Crippen molar-refractivity contribution in [2.45, 2.75) is 26.3 Å². The number of carbonyl (C=O) groups excluding carboxylic acids is 1. The Kier molecular flexibility index (Phi) is 6.51. The molecule has 0 aliphatic rings. The summed E-state index contributed by atoms with van der Waals surface area (Å²) in [5, 5.41) is 11.5. The van der Waals surface area contributed by atoms with Crippen molar-refractivity contribution in [2.75, 3.05) is 6.61 Å². The van der Waals surface area contributed by atoms with Gasteiger partial charge in [0.1, 0.15) is 5.75 Å². The molecule has 1 atom stereocenters. The number of carboxylic acids is 1. The first-order chi connectivity index (χ1) is 9.38. The molecule has 0 bridgehead atoms. The largest absolute Gasteiger partial charge is 0.484 e. The van der Waals surface area contributed by atoms with Crippen LogP contribution in [-0.4, -0.2) is 29.6 Å². The number of amides is 1. The molecule has 20 heavy (non-hydrogen) atoms. The summed E-state index contributed by atoms with van der Waals surface area (Å²) >= 11 is 3.31. The van der Waals surface area contributed by atoms with Gasteiger partial charge in [0.15, 0.2) is 6.61 Å². The molecule has 0 spiro atoms. The summed E-state index contributed by atoms with van der Waals surface area (Å²) in [6.45, 7) is 3.59. The zero-order valence-electron chi connectivity index (χ0n) is 11.4. The summed E-state index contributed by atoms with van der Waals surface area (Å²) in [7, 11) is 0. The van der Waals surface area contributed by atoms with Crippen LogP contribution in [0.15, 0.2) is 28.7 Å². The van der Waals surface area contributed by atoms with E-state index in [-0.39, 0.29) is 24.9 Å². The SMILES string of the molecule is CC(C)C(CC(=O)O)NC(=O)COc1cccc(Br)c1. The van der Waals surface area contributed by atoms with E-state index < -0.39 is 12.0 Å². The van der Waals surface area contributed by atoms with Gasteiger partial charge in [0.2, 0.25) is 0 Å². The number of carboxylic acid groups (broad SMARTS) is 1. The first kappa shape index (κ1) is 16.5. The van der Waals surface area contributed by atoms with Crippen LogP contribution < -0.4 is 10.1 Å². The van der Waals surface area contributed by atoms with Gasteiger partial charge in [-0.15, -0.1) is 0 Å². The first-order valence-electron chi connectivity index (χ1n) is 6.28. The average molecular weight is 344 g/mol. The van der Waals surface area contributed by atoms with Gasteiger partial charge >= 0.3 is 5.97 Å². The smallest absolute Gasteiger partial charge is 0.305 e. The van der Waals surface area contributed by atoms with Crippen molar-refractivity contribution in [1.82, 2.24) is 5.32 Å². The van der Waals surface area contributed by atoms with Crippen LogP contribution in [0.4, 0.5) is 0 Å². The highest BCUT2D eigenvalue weighted by Crippen LogP contribution is 2.17. The summed E-state index contributed by atoms with van der Waals surface area (Å²) in [4.78, 5) is 22.5. The van der Waals surface area contributed by atoms with Crippen LogP contribution in [0.3, 0.4) is 0 Å². The number of aliphatic carboxylic acids is 1. The minimum absolute atomic E-state index is 0.0425. The number of carbonyl (C=O) groups is 2. The maximum absolute atomic E-state index is 11.8. The van der Waals surface area contributed by atoms with Crippen molar-refractivity contribution in [3.8, 4) is 5.75 Å². The monoisotopic (exact) mass is 343 g/mol. The quantitative estimate of drug-likeness (QED) is 0.797. The lowest BCUT2D eigenvalue weighted by Crippen LogP contribution is -2.42. The van der Waals surface area contributed by atoms with E-state index in [2.05, 4.69) is 21.2 Å². The van der Waals surface area contributed by atoms with E-state index in [1.807, 2.05) is 19.9 Å². The number of hydrogen-bond donors (Lipinski definition) is 2. The summed E-state index contributed by atoms with van der Waals surface area (Å²) in [5.74, 6) is -0.642. The van der Waals surface area contributed by atoms with Crippen LogP contribution in [0.5, 0.6) is 5.75 Å². The fourth-order valence-electron chi connectivity index (χ4n) is 1.60. The van der Waals surface area contributed by atoms with Crippen LogP contribution in [0.2, 0.25) is 0 Å². The second kappa shape index (κ2) is 7.89. The standard InChI is InChI=1S/C14H18BrNO4/c1-9(2)12(7-14(18)19)16-13(17)8-20-11-5-3-4-10(15)6-11/h3-6,9,12H,7-8H2,1-2H3,(H,16,17)(H,18,19). The minimum Gasteiger partial charge on any atom is -0.484 e. The molecule has 2 N–H and O–H groups in total. The maximum atomic E-state index is 11.8. The Morgan fingerprint density at radius 1 is 1.40 bits per heavy atom. The Labute approximate surface area is 126 Å². The molecule has 0 radical (unpaired) electrons. The molecule has 1 aromatic rings. The van der Waals surface area contributed by atoms with Gasteiger partial charge in [-0.25, -0.2) is 0 Å². The van der Waals surface area contributed by atoms with Crippen LogP contribution >= 0.6 is 15.9 Å². The zero-order chi connectivity index (χ0) is 15.1. The molecule has 0 aliphatic carbocycles. The van der Waals surface area contributed by atoms with Crippen molar-refractivity contribution in [2.24, 2.45) is 5.92 Å². The van der Waals surface area contributed by atoms with E-state index in [1.54, 1.807) is 18.2 Å². The highest BCUT2D eigenvalue weighted by atomic mass is 79.9. The molecule has 0 aromatic heterocycles. The topological polar surface area (TPSA) is 75.6 Å². The molecule has 6 heteroatoms. The van der Waals surface area contributed by atoms with Gasteiger partial charge in [-0.05, 0) is 24.1 Å². The molecular formula is C14H18BrNO4. The third kappa shape index (κ3) is 6.06. The number of ether oxygens (including phenoxy) is 1. The Balaban J connectivity index is 2.47. The molecule has 0 saturated heterocycles. The summed E-state index contributed by atoms with van der Waals surface area (Å²) in [6, 6.07) is 6.76. The van der Waals surface area contributed by atoms with Gasteiger partial charge in [0.25, 0.3) is 5.91 Å². The highest BCUT2D eigenvalue weighted by Gasteiger charge is 2.19. The fourth-order valence-corrected chi connectivity index (χ4v) is 1.97. The molecule has 0 heterocycles. The van der Waals surface area contributed by atoms with E-state index in [0.717, 1.165) is 4.47 Å². The summed E-state index contributed by atoms with van der Waals surface area (Å²) in [5.41, 5.74) is 0. The molecule has 0 fully saturated rings. The van der Waals surface area contributed by atoms with Gasteiger partial charge in [-0.3, -0.25) is 9.59 Å². The Morgan fingerprint density at radius 2 is 2.10 bits per heavy atom. The van der Waals surface area contributed by atoms with Crippen molar-refractivity contribution in [3.63, 3.8) is 0 Å². The van der Waals surface area contributed by atoms with Crippen molar-refractivity contribution < 1.29 is 19.4 Å². The van der Waals surface area contributed by atoms with Crippen LogP contribution in [0, 0.1) is 5.92 Å². The Bertz CT molecular complexity index is 476. The summed E-state index contributed by atoms with van der Waals surface area (Å²) < 4.78 is 6.21. The third-order valence-corrected chi connectivity index (χ3v) is 3.20. The lowest BCUT2D eigenvalue weighted by molar-refractivity contribution is -0.138. The second-order valence-electron chi connectivity index (χ2n) is 4.76. The first-order valence-corrected chi connectivity index (χ1v) is 7.07. The van der Waals surface area contributed by atoms with E-state index >= 15 is 0 Å². The van der Waals surface area contributed by atoms with Gasteiger partial charge in [0.05, 0.1) is 6.42 Å². The molecule has 110 valence electrons. The van der Waals surface area contributed by atoms with E-state index in [1.165, 1.54) is 0 Å². The molecule has 1 aromatic carbocycles.